The standard InChI is InChI=1S/C34H27NO2/c1-33(2)28-16-8-10-18-31(28)37-32-21-22(19-20-29(32)33)35-30-17-9-7-15-27(30)34(36)25-13-5-3-11-23(25)24-12-4-6-14-26(24)34/h3-21,35-36H,1-2H3. The molecule has 3 nitrogen and oxygen atoms in total. The minimum atomic E-state index is -1.26. The molecule has 7 rings (SSSR count). The van der Waals surface area contributed by atoms with Crippen molar-refractivity contribution in [1.82, 2.24) is 0 Å². The second-order valence-electron chi connectivity index (χ2n) is 10.4. The smallest absolute Gasteiger partial charge is 0.143 e. The number of para-hydroxylation sites is 2. The van der Waals surface area contributed by atoms with Gasteiger partial charge in [0.1, 0.15) is 17.1 Å². The van der Waals surface area contributed by atoms with Gasteiger partial charge in [0.15, 0.2) is 0 Å². The van der Waals surface area contributed by atoms with Crippen LogP contribution in [0.2, 0.25) is 0 Å². The number of anilines is 2. The van der Waals surface area contributed by atoms with Crippen LogP contribution < -0.4 is 10.1 Å². The topological polar surface area (TPSA) is 41.5 Å². The third kappa shape index (κ3) is 3.11. The van der Waals surface area contributed by atoms with Gasteiger partial charge in [0.05, 0.1) is 0 Å². The molecule has 0 amide bonds. The molecule has 5 aromatic carbocycles. The van der Waals surface area contributed by atoms with E-state index in [2.05, 4.69) is 61.6 Å². The van der Waals surface area contributed by atoms with Crippen LogP contribution in [0.25, 0.3) is 11.1 Å². The van der Waals surface area contributed by atoms with Crippen LogP contribution in [-0.2, 0) is 11.0 Å². The maximum absolute atomic E-state index is 12.4. The summed E-state index contributed by atoms with van der Waals surface area (Å²) in [5.41, 5.74) is 7.44. The van der Waals surface area contributed by atoms with Crippen molar-refractivity contribution in [2.45, 2.75) is 24.9 Å². The van der Waals surface area contributed by atoms with Crippen LogP contribution >= 0.6 is 0 Å². The summed E-state index contributed by atoms with van der Waals surface area (Å²) < 4.78 is 6.34. The van der Waals surface area contributed by atoms with E-state index in [1.54, 1.807) is 0 Å². The zero-order chi connectivity index (χ0) is 25.2. The van der Waals surface area contributed by atoms with Crippen molar-refractivity contribution in [2.24, 2.45) is 0 Å². The van der Waals surface area contributed by atoms with Crippen molar-refractivity contribution in [2.75, 3.05) is 5.32 Å². The van der Waals surface area contributed by atoms with Gasteiger partial charge in [0.2, 0.25) is 0 Å². The van der Waals surface area contributed by atoms with Crippen LogP contribution in [0.5, 0.6) is 11.5 Å². The molecular weight excluding hydrogens is 454 g/mol. The highest BCUT2D eigenvalue weighted by molar-refractivity contribution is 5.84. The van der Waals surface area contributed by atoms with Crippen molar-refractivity contribution in [1.29, 1.82) is 0 Å². The van der Waals surface area contributed by atoms with E-state index < -0.39 is 5.60 Å². The molecule has 1 aliphatic heterocycles. The van der Waals surface area contributed by atoms with E-state index in [1.165, 1.54) is 5.56 Å². The lowest BCUT2D eigenvalue weighted by Gasteiger charge is -2.34. The molecule has 2 aliphatic rings. The van der Waals surface area contributed by atoms with Crippen molar-refractivity contribution in [3.63, 3.8) is 0 Å². The van der Waals surface area contributed by atoms with Crippen LogP contribution in [0.3, 0.4) is 0 Å². The Hall–Kier alpha value is -4.34. The summed E-state index contributed by atoms with van der Waals surface area (Å²) in [5, 5.41) is 16.0. The number of hydrogen-bond acceptors (Lipinski definition) is 3. The molecule has 37 heavy (non-hydrogen) atoms. The quantitative estimate of drug-likeness (QED) is 0.273. The van der Waals surface area contributed by atoms with Crippen LogP contribution in [0.1, 0.15) is 41.7 Å². The molecule has 0 atom stereocenters. The third-order valence-electron chi connectivity index (χ3n) is 7.96. The Balaban J connectivity index is 1.32. The number of aliphatic hydroxyl groups is 1. The zero-order valence-electron chi connectivity index (χ0n) is 20.8. The lowest BCUT2D eigenvalue weighted by atomic mass is 9.76. The molecule has 0 fully saturated rings. The second-order valence-corrected chi connectivity index (χ2v) is 10.4. The van der Waals surface area contributed by atoms with Crippen LogP contribution in [-0.4, -0.2) is 5.11 Å². The fourth-order valence-corrected chi connectivity index (χ4v) is 6.10. The first-order valence-corrected chi connectivity index (χ1v) is 12.7. The van der Waals surface area contributed by atoms with Crippen LogP contribution in [0, 0.1) is 0 Å². The molecule has 0 unspecified atom stereocenters. The number of fused-ring (bicyclic) bond motifs is 5. The Labute approximate surface area is 217 Å². The average molecular weight is 482 g/mol. The van der Waals surface area contributed by atoms with Gasteiger partial charge in [-0.3, -0.25) is 0 Å². The minimum absolute atomic E-state index is 0.160. The van der Waals surface area contributed by atoms with Crippen molar-refractivity contribution >= 4 is 11.4 Å². The number of ether oxygens (including phenoxy) is 1. The highest BCUT2D eigenvalue weighted by Crippen LogP contribution is 2.53. The van der Waals surface area contributed by atoms with Gasteiger partial charge in [-0.25, -0.2) is 0 Å². The normalized spacial score (nSPS) is 15.5. The lowest BCUT2D eigenvalue weighted by Crippen LogP contribution is -2.27. The molecule has 5 aromatic rings. The monoisotopic (exact) mass is 481 g/mol. The van der Waals surface area contributed by atoms with Gasteiger partial charge in [-0.15, -0.1) is 0 Å². The predicted octanol–water partition coefficient (Wildman–Crippen LogP) is 8.13. The number of benzene rings is 5. The maximum Gasteiger partial charge on any atom is 0.143 e. The maximum atomic E-state index is 12.4. The SMILES string of the molecule is CC1(C)c2ccccc2Oc2cc(Nc3ccccc3C3(O)c4ccccc4-c4ccccc43)ccc21. The largest absolute Gasteiger partial charge is 0.457 e. The first kappa shape index (κ1) is 21.9. The molecule has 1 aliphatic carbocycles. The minimum Gasteiger partial charge on any atom is -0.457 e. The molecule has 0 bridgehead atoms. The number of hydrogen-bond donors (Lipinski definition) is 2. The van der Waals surface area contributed by atoms with Gasteiger partial charge in [0.25, 0.3) is 0 Å². The fraction of sp³-hybridized carbons (Fsp3) is 0.118. The fourth-order valence-electron chi connectivity index (χ4n) is 6.10. The Morgan fingerprint density at radius 3 is 1.81 bits per heavy atom. The molecule has 3 heteroatoms. The summed E-state index contributed by atoms with van der Waals surface area (Å²) in [5.74, 6) is 1.74. The van der Waals surface area contributed by atoms with E-state index in [4.69, 9.17) is 4.74 Å². The van der Waals surface area contributed by atoms with E-state index in [1.807, 2.05) is 72.8 Å². The summed E-state index contributed by atoms with van der Waals surface area (Å²) in [4.78, 5) is 0. The van der Waals surface area contributed by atoms with Crippen LogP contribution in [0.4, 0.5) is 11.4 Å². The summed E-state index contributed by atoms with van der Waals surface area (Å²) in [6.07, 6.45) is 0. The highest BCUT2D eigenvalue weighted by Gasteiger charge is 2.44. The van der Waals surface area contributed by atoms with E-state index in [-0.39, 0.29) is 5.41 Å². The van der Waals surface area contributed by atoms with Gasteiger partial charge >= 0.3 is 0 Å². The Morgan fingerprint density at radius 1 is 0.568 bits per heavy atom. The number of rotatable bonds is 3. The summed E-state index contributed by atoms with van der Waals surface area (Å²) >= 11 is 0. The third-order valence-corrected chi connectivity index (χ3v) is 7.96. The average Bonchev–Trinajstić information content (AvgIpc) is 3.18. The van der Waals surface area contributed by atoms with E-state index in [9.17, 15) is 5.11 Å². The van der Waals surface area contributed by atoms with Gasteiger partial charge in [0, 0.05) is 50.7 Å². The molecule has 0 saturated heterocycles. The van der Waals surface area contributed by atoms with Gasteiger partial charge in [-0.1, -0.05) is 105 Å². The van der Waals surface area contributed by atoms with Gasteiger partial charge in [-0.05, 0) is 29.3 Å². The van der Waals surface area contributed by atoms with E-state index in [0.29, 0.717) is 0 Å². The highest BCUT2D eigenvalue weighted by atomic mass is 16.5. The summed E-state index contributed by atoms with van der Waals surface area (Å²) in [7, 11) is 0. The molecule has 180 valence electrons. The summed E-state index contributed by atoms with van der Waals surface area (Å²) in [6.45, 7) is 4.47. The van der Waals surface area contributed by atoms with Gasteiger partial charge in [-0.2, -0.15) is 0 Å². The first-order valence-electron chi connectivity index (χ1n) is 12.7. The van der Waals surface area contributed by atoms with Crippen molar-refractivity contribution in [3.05, 3.63) is 143 Å². The molecule has 1 heterocycles. The Bertz CT molecular complexity index is 1640. The number of nitrogens with one attached hydrogen (secondary N) is 1. The molecule has 0 aromatic heterocycles. The predicted molar refractivity (Wildman–Crippen MR) is 149 cm³/mol. The van der Waals surface area contributed by atoms with E-state index >= 15 is 0 Å². The molecule has 0 radical (unpaired) electrons. The van der Waals surface area contributed by atoms with Gasteiger partial charge < -0.3 is 15.2 Å². The van der Waals surface area contributed by atoms with Crippen molar-refractivity contribution < 1.29 is 9.84 Å². The first-order chi connectivity index (χ1) is 18.0. The lowest BCUT2D eigenvalue weighted by molar-refractivity contribution is 0.131. The van der Waals surface area contributed by atoms with E-state index in [0.717, 1.165) is 56.3 Å². The Morgan fingerprint density at radius 2 is 1.11 bits per heavy atom. The molecular formula is C34H27NO2. The Kier molecular flexibility index (Phi) is 4.63. The summed E-state index contributed by atoms with van der Waals surface area (Å²) in [6, 6.07) is 38.8. The molecule has 2 N–H and O–H groups in total. The molecule has 0 spiro atoms. The zero-order valence-corrected chi connectivity index (χ0v) is 20.8. The molecule has 0 saturated carbocycles. The van der Waals surface area contributed by atoms with Crippen molar-refractivity contribution in [3.8, 4) is 22.6 Å². The van der Waals surface area contributed by atoms with Crippen LogP contribution in [0.15, 0.2) is 115 Å². The second kappa shape index (κ2) is 7.83.